The number of furan rings is 1. The zero-order valence-electron chi connectivity index (χ0n) is 14.9. The fraction of sp³-hybridized carbons (Fsp3) is 0.474. The predicted molar refractivity (Wildman–Crippen MR) is 95.6 cm³/mol. The number of amides is 3. The van der Waals surface area contributed by atoms with E-state index in [0.29, 0.717) is 26.2 Å². The van der Waals surface area contributed by atoms with Crippen molar-refractivity contribution in [2.24, 2.45) is 0 Å². The van der Waals surface area contributed by atoms with E-state index in [1.54, 1.807) is 16.8 Å². The van der Waals surface area contributed by atoms with Crippen LogP contribution in [-0.2, 0) is 16.1 Å². The topological polar surface area (TPSA) is 75.0 Å². The van der Waals surface area contributed by atoms with Crippen LogP contribution in [0.5, 0.6) is 0 Å². The molecule has 26 heavy (non-hydrogen) atoms. The Hall–Kier alpha value is -2.54. The van der Waals surface area contributed by atoms with Crippen LogP contribution in [0, 0.1) is 0 Å². The maximum Gasteiger partial charge on any atom is 0.317 e. The average molecular weight is 357 g/mol. The number of morpholine rings is 1. The van der Waals surface area contributed by atoms with Crippen molar-refractivity contribution in [2.75, 3.05) is 33.3 Å². The van der Waals surface area contributed by atoms with Crippen LogP contribution in [-0.4, -0.2) is 60.6 Å². The Balaban J connectivity index is 1.30. The van der Waals surface area contributed by atoms with Crippen molar-refractivity contribution in [2.45, 2.75) is 25.0 Å². The quantitative estimate of drug-likeness (QED) is 0.892. The lowest BCUT2D eigenvalue weighted by Crippen LogP contribution is -2.59. The number of hydrogen-bond donors (Lipinski definition) is 1. The first kappa shape index (κ1) is 16.9. The Kier molecular flexibility index (Phi) is 4.32. The smallest absolute Gasteiger partial charge is 0.317 e. The molecule has 2 aliphatic heterocycles. The van der Waals surface area contributed by atoms with Crippen LogP contribution >= 0.6 is 0 Å². The van der Waals surface area contributed by atoms with E-state index in [9.17, 15) is 9.59 Å². The molecule has 1 aromatic carbocycles. The van der Waals surface area contributed by atoms with Gasteiger partial charge in [-0.25, -0.2) is 4.79 Å². The number of nitrogens with zero attached hydrogens (tertiary/aromatic N) is 2. The number of ether oxygens (including phenoxy) is 1. The van der Waals surface area contributed by atoms with Gasteiger partial charge >= 0.3 is 6.03 Å². The van der Waals surface area contributed by atoms with Crippen molar-refractivity contribution < 1.29 is 18.7 Å². The average Bonchev–Trinajstić information content (AvgIpc) is 3.07. The molecule has 0 unspecified atom stereocenters. The lowest BCUT2D eigenvalue weighted by molar-refractivity contribution is -0.167. The zero-order chi connectivity index (χ0) is 18.1. The van der Waals surface area contributed by atoms with Gasteiger partial charge < -0.3 is 24.3 Å². The maximum absolute atomic E-state index is 12.4. The molecule has 0 bridgehead atoms. The molecule has 2 fully saturated rings. The first-order valence-electron chi connectivity index (χ1n) is 8.93. The van der Waals surface area contributed by atoms with Gasteiger partial charge in [0.05, 0.1) is 12.1 Å². The monoisotopic (exact) mass is 357 g/mol. The molecule has 0 radical (unpaired) electrons. The van der Waals surface area contributed by atoms with E-state index in [1.165, 1.54) is 0 Å². The van der Waals surface area contributed by atoms with Crippen LogP contribution in [0.1, 0.15) is 18.6 Å². The number of likely N-dealkylation sites (tertiary alicyclic amines) is 1. The number of benzene rings is 1. The second kappa shape index (κ2) is 6.64. The summed E-state index contributed by atoms with van der Waals surface area (Å²) in [5.41, 5.74) is 0.517. The minimum Gasteiger partial charge on any atom is -0.459 e. The summed E-state index contributed by atoms with van der Waals surface area (Å²) in [6.07, 6.45) is 1.48. The number of likely N-dealkylation sites (N-methyl/N-ethyl adjacent to an activating group) is 1. The normalized spacial score (nSPS) is 20.0. The number of urea groups is 1. The summed E-state index contributed by atoms with van der Waals surface area (Å²) in [6, 6.07) is 9.64. The van der Waals surface area contributed by atoms with E-state index >= 15 is 0 Å². The third-order valence-electron chi connectivity index (χ3n) is 5.31. The molecule has 7 nitrogen and oxygen atoms in total. The molecule has 1 spiro atoms. The van der Waals surface area contributed by atoms with Crippen molar-refractivity contribution in [1.29, 1.82) is 0 Å². The third kappa shape index (κ3) is 3.26. The molecule has 1 aromatic heterocycles. The fourth-order valence-corrected chi connectivity index (χ4v) is 3.71. The highest BCUT2D eigenvalue weighted by Crippen LogP contribution is 2.30. The lowest BCUT2D eigenvalue weighted by atomic mass is 9.89. The summed E-state index contributed by atoms with van der Waals surface area (Å²) in [7, 11) is 1.80. The van der Waals surface area contributed by atoms with Crippen molar-refractivity contribution in [1.82, 2.24) is 15.1 Å². The molecule has 7 heteroatoms. The zero-order valence-corrected chi connectivity index (χ0v) is 14.9. The Morgan fingerprint density at radius 1 is 1.27 bits per heavy atom. The van der Waals surface area contributed by atoms with Gasteiger partial charge in [0.1, 0.15) is 18.0 Å². The van der Waals surface area contributed by atoms with Crippen molar-refractivity contribution >= 4 is 22.9 Å². The standard InChI is InChI=1S/C19H23N3O4/c1-21-13-19(25-12-17(21)23)6-8-22(9-7-19)18(24)20-11-15-10-14-4-2-3-5-16(14)26-15/h2-5,10H,6-9,11-13H2,1H3,(H,20,24). The molecular weight excluding hydrogens is 334 g/mol. The molecule has 0 saturated carbocycles. The second-order valence-corrected chi connectivity index (χ2v) is 7.12. The van der Waals surface area contributed by atoms with E-state index in [0.717, 1.165) is 29.6 Å². The van der Waals surface area contributed by atoms with Gasteiger partial charge in [0.25, 0.3) is 0 Å². The molecule has 2 aliphatic rings. The van der Waals surface area contributed by atoms with Crippen LogP contribution in [0.2, 0.25) is 0 Å². The number of piperidine rings is 1. The van der Waals surface area contributed by atoms with Gasteiger partial charge in [0, 0.05) is 32.1 Å². The van der Waals surface area contributed by atoms with E-state index in [4.69, 9.17) is 9.15 Å². The van der Waals surface area contributed by atoms with Gasteiger partial charge in [0.2, 0.25) is 5.91 Å². The highest BCUT2D eigenvalue weighted by Gasteiger charge is 2.41. The maximum atomic E-state index is 12.4. The Labute approximate surface area is 151 Å². The van der Waals surface area contributed by atoms with Crippen LogP contribution in [0.3, 0.4) is 0 Å². The summed E-state index contributed by atoms with van der Waals surface area (Å²) in [6.45, 7) is 2.33. The van der Waals surface area contributed by atoms with Crippen LogP contribution in [0.4, 0.5) is 4.79 Å². The SMILES string of the molecule is CN1CC2(CCN(C(=O)NCc3cc4ccccc4o3)CC2)OCC1=O. The van der Waals surface area contributed by atoms with Crippen molar-refractivity contribution in [3.8, 4) is 0 Å². The molecule has 0 atom stereocenters. The van der Waals surface area contributed by atoms with Gasteiger partial charge in [-0.05, 0) is 25.0 Å². The third-order valence-corrected chi connectivity index (χ3v) is 5.31. The summed E-state index contributed by atoms with van der Waals surface area (Å²) in [5.74, 6) is 0.755. The minimum absolute atomic E-state index is 0.0154. The molecule has 1 N–H and O–H groups in total. The van der Waals surface area contributed by atoms with Gasteiger partial charge in [0.15, 0.2) is 0 Å². The van der Waals surface area contributed by atoms with E-state index in [2.05, 4.69) is 5.32 Å². The Morgan fingerprint density at radius 2 is 2.04 bits per heavy atom. The van der Waals surface area contributed by atoms with Crippen LogP contribution < -0.4 is 5.32 Å². The molecule has 3 heterocycles. The van der Waals surface area contributed by atoms with Crippen molar-refractivity contribution in [3.05, 3.63) is 36.1 Å². The van der Waals surface area contributed by atoms with E-state index < -0.39 is 0 Å². The molecular formula is C19H23N3O4. The highest BCUT2D eigenvalue weighted by atomic mass is 16.5. The first-order chi connectivity index (χ1) is 12.5. The summed E-state index contributed by atoms with van der Waals surface area (Å²) in [5, 5.41) is 3.96. The molecule has 4 rings (SSSR count). The summed E-state index contributed by atoms with van der Waals surface area (Å²) < 4.78 is 11.5. The number of fused-ring (bicyclic) bond motifs is 1. The van der Waals surface area contributed by atoms with Crippen molar-refractivity contribution in [3.63, 3.8) is 0 Å². The number of para-hydroxylation sites is 1. The summed E-state index contributed by atoms with van der Waals surface area (Å²) >= 11 is 0. The largest absolute Gasteiger partial charge is 0.459 e. The van der Waals surface area contributed by atoms with Crippen LogP contribution in [0.25, 0.3) is 11.0 Å². The number of carbonyl (C=O) groups excluding carboxylic acids is 2. The predicted octanol–water partition coefficient (Wildman–Crippen LogP) is 1.97. The molecule has 2 saturated heterocycles. The number of nitrogens with one attached hydrogen (secondary N) is 1. The van der Waals surface area contributed by atoms with E-state index in [-0.39, 0.29) is 24.1 Å². The number of hydrogen-bond acceptors (Lipinski definition) is 4. The minimum atomic E-state index is -0.307. The van der Waals surface area contributed by atoms with Crippen LogP contribution in [0.15, 0.2) is 34.7 Å². The molecule has 138 valence electrons. The Morgan fingerprint density at radius 3 is 2.77 bits per heavy atom. The van der Waals surface area contributed by atoms with Gasteiger partial charge in [-0.3, -0.25) is 4.79 Å². The fourth-order valence-electron chi connectivity index (χ4n) is 3.71. The molecule has 3 amide bonds. The first-order valence-corrected chi connectivity index (χ1v) is 8.93. The van der Waals surface area contributed by atoms with E-state index in [1.807, 2.05) is 30.3 Å². The molecule has 2 aromatic rings. The highest BCUT2D eigenvalue weighted by molar-refractivity contribution is 5.79. The molecule has 0 aliphatic carbocycles. The van der Waals surface area contributed by atoms with Gasteiger partial charge in [-0.1, -0.05) is 18.2 Å². The lowest BCUT2D eigenvalue weighted by Gasteiger charge is -2.46. The number of rotatable bonds is 2. The van der Waals surface area contributed by atoms with Gasteiger partial charge in [-0.2, -0.15) is 0 Å². The summed E-state index contributed by atoms with van der Waals surface area (Å²) in [4.78, 5) is 27.6. The van der Waals surface area contributed by atoms with Gasteiger partial charge in [-0.15, -0.1) is 0 Å². The Bertz CT molecular complexity index is 790. The number of carbonyl (C=O) groups is 2. The second-order valence-electron chi connectivity index (χ2n) is 7.12.